The fourth-order valence-electron chi connectivity index (χ4n) is 5.62. The number of hydrogen-bond donors (Lipinski definition) is 0. The van der Waals surface area contributed by atoms with Crippen LogP contribution in [-0.2, 0) is 6.42 Å². The quantitative estimate of drug-likeness (QED) is 0.220. The molecule has 0 amide bonds. The molecule has 1 saturated heterocycles. The van der Waals surface area contributed by atoms with Gasteiger partial charge in [0, 0.05) is 12.0 Å². The number of nitrogens with zero attached hydrogens (tertiary/aromatic N) is 2. The number of rotatable bonds is 10. The van der Waals surface area contributed by atoms with Gasteiger partial charge >= 0.3 is 0 Å². The fourth-order valence-corrected chi connectivity index (χ4v) is 5.62. The maximum absolute atomic E-state index is 6.05. The molecule has 0 aliphatic carbocycles. The monoisotopic (exact) mass is 535 g/mol. The number of unbranched alkanes of at least 4 members (excludes halogenated alkanes) is 1. The highest BCUT2D eigenvalue weighted by Gasteiger charge is 2.30. The van der Waals surface area contributed by atoms with E-state index in [4.69, 9.17) is 9.73 Å². The van der Waals surface area contributed by atoms with E-state index in [9.17, 15) is 0 Å². The van der Waals surface area contributed by atoms with Gasteiger partial charge in [0.2, 0.25) is 0 Å². The molecule has 1 radical (unpaired) electrons. The predicted octanol–water partition coefficient (Wildman–Crippen LogP) is 9.43. The number of fused-ring (bicyclic) bond motifs is 1. The summed E-state index contributed by atoms with van der Waals surface area (Å²) in [5.41, 5.74) is 4.97. The first-order chi connectivity index (χ1) is 18.6. The molecule has 0 spiro atoms. The van der Waals surface area contributed by atoms with Gasteiger partial charge in [-0.1, -0.05) is 92.5 Å². The van der Waals surface area contributed by atoms with Crippen LogP contribution in [0.5, 0.6) is 5.75 Å². The largest absolute Gasteiger partial charge is 0.487 e. The highest BCUT2D eigenvalue weighted by atomic mass is 16.5. The van der Waals surface area contributed by atoms with E-state index >= 15 is 0 Å². The number of allylic oxidation sites excluding steroid dienone is 1. The molecule has 1 aromatic rings. The van der Waals surface area contributed by atoms with Gasteiger partial charge in [-0.25, -0.2) is 0 Å². The second-order valence-corrected chi connectivity index (χ2v) is 12.8. The molecule has 4 rings (SSSR count). The van der Waals surface area contributed by atoms with Crippen LogP contribution in [0.15, 0.2) is 34.8 Å². The van der Waals surface area contributed by atoms with E-state index in [1.54, 1.807) is 0 Å². The Morgan fingerprint density at radius 2 is 1.74 bits per heavy atom. The van der Waals surface area contributed by atoms with Gasteiger partial charge in [0.15, 0.2) is 0 Å². The van der Waals surface area contributed by atoms with Crippen molar-refractivity contribution in [3.8, 4) is 5.75 Å². The van der Waals surface area contributed by atoms with Crippen LogP contribution in [0.25, 0.3) is 0 Å². The van der Waals surface area contributed by atoms with Gasteiger partial charge in [-0.3, -0.25) is 4.99 Å². The second kappa shape index (κ2) is 17.3. The Balaban J connectivity index is 0.000000246. The summed E-state index contributed by atoms with van der Waals surface area (Å²) in [5, 5.41) is 0. The van der Waals surface area contributed by atoms with Crippen molar-refractivity contribution in [1.82, 2.24) is 4.90 Å². The zero-order chi connectivity index (χ0) is 28.8. The normalized spacial score (nSPS) is 20.2. The Hall–Kier alpha value is -1.55. The molecule has 3 aliphatic heterocycles. The minimum atomic E-state index is -0.0800. The SMILES string of the molecule is CCC1N=C(c2ccc3c(c2)OC(C)(C)C3)C=C1C(C)C.CCCN1CCC(C)CC1.CCC[B]CCCC. The fraction of sp³-hybridized carbons (Fsp3) is 0.743. The van der Waals surface area contributed by atoms with Crippen LogP contribution >= 0.6 is 0 Å². The molecule has 0 saturated carbocycles. The van der Waals surface area contributed by atoms with Crippen LogP contribution in [-0.4, -0.2) is 49.2 Å². The van der Waals surface area contributed by atoms with Gasteiger partial charge in [-0.2, -0.15) is 0 Å². The van der Waals surface area contributed by atoms with Crippen LogP contribution in [0.1, 0.15) is 118 Å². The summed E-state index contributed by atoms with van der Waals surface area (Å²) in [6.07, 6.45) is 15.1. The summed E-state index contributed by atoms with van der Waals surface area (Å²) < 4.78 is 6.05. The average molecular weight is 536 g/mol. The zero-order valence-corrected chi connectivity index (χ0v) is 27.1. The van der Waals surface area contributed by atoms with E-state index in [1.807, 2.05) is 0 Å². The molecule has 3 nitrogen and oxygen atoms in total. The molecule has 3 aliphatic rings. The number of piperidine rings is 1. The van der Waals surface area contributed by atoms with Crippen LogP contribution < -0.4 is 4.74 Å². The van der Waals surface area contributed by atoms with Crippen molar-refractivity contribution in [3.05, 3.63) is 41.0 Å². The van der Waals surface area contributed by atoms with E-state index in [-0.39, 0.29) is 5.60 Å². The van der Waals surface area contributed by atoms with E-state index in [0.29, 0.717) is 12.0 Å². The molecule has 1 atom stereocenters. The predicted molar refractivity (Wildman–Crippen MR) is 174 cm³/mol. The topological polar surface area (TPSA) is 24.8 Å². The van der Waals surface area contributed by atoms with Crippen LogP contribution in [0.2, 0.25) is 12.6 Å². The second-order valence-electron chi connectivity index (χ2n) is 12.8. The lowest BCUT2D eigenvalue weighted by Crippen LogP contribution is -2.33. The maximum atomic E-state index is 6.05. The minimum Gasteiger partial charge on any atom is -0.487 e. The Morgan fingerprint density at radius 1 is 1.03 bits per heavy atom. The van der Waals surface area contributed by atoms with Gasteiger partial charge in [0.1, 0.15) is 18.6 Å². The Morgan fingerprint density at radius 3 is 2.31 bits per heavy atom. The molecule has 1 unspecified atom stereocenters. The Kier molecular flexibility index (Phi) is 14.9. The molecule has 219 valence electrons. The number of ether oxygens (including phenoxy) is 1. The highest BCUT2D eigenvalue weighted by molar-refractivity contribution is 6.35. The lowest BCUT2D eigenvalue weighted by atomic mass is 9.69. The maximum Gasteiger partial charge on any atom is 0.124 e. The van der Waals surface area contributed by atoms with Crippen molar-refractivity contribution in [2.45, 2.75) is 138 Å². The van der Waals surface area contributed by atoms with Gasteiger partial charge in [-0.05, 0) is 94.3 Å². The number of aliphatic imine (C=N–C) groups is 1. The number of benzene rings is 1. The third-order valence-electron chi connectivity index (χ3n) is 8.07. The molecule has 0 N–H and O–H groups in total. The summed E-state index contributed by atoms with van der Waals surface area (Å²) in [5.74, 6) is 2.56. The van der Waals surface area contributed by atoms with Gasteiger partial charge in [0.05, 0.1) is 11.8 Å². The number of likely N-dealkylation sites (tertiary alicyclic amines) is 1. The first-order valence-electron chi connectivity index (χ1n) is 16.3. The summed E-state index contributed by atoms with van der Waals surface area (Å²) in [6, 6.07) is 6.90. The number of hydrogen-bond acceptors (Lipinski definition) is 3. The molecule has 3 heterocycles. The molecule has 4 heteroatoms. The van der Waals surface area contributed by atoms with E-state index in [2.05, 4.69) is 98.8 Å². The van der Waals surface area contributed by atoms with Gasteiger partial charge in [-0.15, -0.1) is 0 Å². The molecule has 1 fully saturated rings. The first kappa shape index (κ1) is 33.7. The van der Waals surface area contributed by atoms with Crippen molar-refractivity contribution in [3.63, 3.8) is 0 Å². The summed E-state index contributed by atoms with van der Waals surface area (Å²) in [6.45, 7) is 24.1. The average Bonchev–Trinajstić information content (AvgIpc) is 3.48. The van der Waals surface area contributed by atoms with Crippen molar-refractivity contribution in [1.29, 1.82) is 0 Å². The van der Waals surface area contributed by atoms with Gasteiger partial charge in [0.25, 0.3) is 0 Å². The molecule has 0 bridgehead atoms. The lowest BCUT2D eigenvalue weighted by Gasteiger charge is -2.29. The third-order valence-corrected chi connectivity index (χ3v) is 8.07. The molecule has 0 aromatic heterocycles. The van der Waals surface area contributed by atoms with E-state index in [1.165, 1.54) is 87.5 Å². The zero-order valence-electron chi connectivity index (χ0n) is 27.1. The van der Waals surface area contributed by atoms with Crippen molar-refractivity contribution in [2.75, 3.05) is 19.6 Å². The Labute approximate surface area is 243 Å². The summed E-state index contributed by atoms with van der Waals surface area (Å²) >= 11 is 0. The lowest BCUT2D eigenvalue weighted by molar-refractivity contribution is 0.138. The van der Waals surface area contributed by atoms with E-state index in [0.717, 1.165) is 30.2 Å². The van der Waals surface area contributed by atoms with Crippen LogP contribution in [0.4, 0.5) is 0 Å². The smallest absolute Gasteiger partial charge is 0.124 e. The van der Waals surface area contributed by atoms with Crippen molar-refractivity contribution in [2.24, 2.45) is 16.8 Å². The van der Waals surface area contributed by atoms with Crippen molar-refractivity contribution < 1.29 is 4.74 Å². The first-order valence-corrected chi connectivity index (χ1v) is 16.3. The van der Waals surface area contributed by atoms with E-state index < -0.39 is 0 Å². The standard InChI is InChI=1S/C19H25NO.C9H19N.C7H16B/c1-6-16-15(12(2)3)10-17(20-16)13-7-8-14-11-19(4,5)21-18(14)9-13;1-3-6-10-7-4-9(2)5-8-10;1-3-5-7-8-6-4-2/h7-10,12,16H,6,11H2,1-5H3;9H,3-8H2,1-2H3;3-7H2,1-2H3. The molecule has 1 aromatic carbocycles. The molecular weight excluding hydrogens is 475 g/mol. The summed E-state index contributed by atoms with van der Waals surface area (Å²) in [7, 11) is 2.39. The van der Waals surface area contributed by atoms with Gasteiger partial charge < -0.3 is 9.64 Å². The minimum absolute atomic E-state index is 0.0800. The third kappa shape index (κ3) is 11.5. The van der Waals surface area contributed by atoms with Crippen LogP contribution in [0, 0.1) is 11.8 Å². The molecular formula is C35H60BN2O. The highest BCUT2D eigenvalue weighted by Crippen LogP contribution is 2.36. The molecule has 39 heavy (non-hydrogen) atoms. The summed E-state index contributed by atoms with van der Waals surface area (Å²) in [4.78, 5) is 7.49. The van der Waals surface area contributed by atoms with Crippen molar-refractivity contribution >= 4 is 13.0 Å². The Bertz CT molecular complexity index is 890. The van der Waals surface area contributed by atoms with Crippen LogP contribution in [0.3, 0.4) is 0 Å².